The number of nitro benzene ring substituents is 1. The summed E-state index contributed by atoms with van der Waals surface area (Å²) in [6.07, 6.45) is 0. The summed E-state index contributed by atoms with van der Waals surface area (Å²) in [6, 6.07) is 21.6. The molecule has 0 unspecified atom stereocenters. The van der Waals surface area contributed by atoms with Crippen molar-refractivity contribution in [3.8, 4) is 17.2 Å². The predicted octanol–water partition coefficient (Wildman–Crippen LogP) is 3.05. The molecule has 2 N–H and O–H groups in total. The molecule has 0 atom stereocenters. The number of benzene rings is 3. The Kier molecular flexibility index (Phi) is 7.65. The number of esters is 1. The highest BCUT2D eigenvalue weighted by atomic mass is 16.6. The van der Waals surface area contributed by atoms with Gasteiger partial charge < -0.3 is 15.4 Å². The lowest BCUT2D eigenvalue weighted by atomic mass is 10.0. The summed E-state index contributed by atoms with van der Waals surface area (Å²) in [6.45, 7) is -1.12. The number of anilines is 1. The molecule has 0 aliphatic carbocycles. The second-order valence-corrected chi connectivity index (χ2v) is 6.93. The molecule has 0 saturated carbocycles. The minimum Gasteiger partial charge on any atom is -0.454 e. The molecule has 0 fully saturated rings. The van der Waals surface area contributed by atoms with Crippen molar-refractivity contribution >= 4 is 29.2 Å². The SMILES string of the molecule is N#Cc1cc([N+](=O)[O-])ccc1NC(=O)COC(=O)CNC(=O)c1ccc(-c2ccccc2)cc1. The number of ether oxygens (including phenoxy) is 1. The van der Waals surface area contributed by atoms with Crippen LogP contribution in [0.15, 0.2) is 72.8 Å². The van der Waals surface area contributed by atoms with Crippen molar-refractivity contribution in [3.05, 3.63) is 94.0 Å². The zero-order valence-corrected chi connectivity index (χ0v) is 17.7. The van der Waals surface area contributed by atoms with E-state index in [1.807, 2.05) is 30.3 Å². The van der Waals surface area contributed by atoms with Gasteiger partial charge in [-0.25, -0.2) is 0 Å². The summed E-state index contributed by atoms with van der Waals surface area (Å²) in [7, 11) is 0. The van der Waals surface area contributed by atoms with E-state index in [4.69, 9.17) is 10.00 Å². The standard InChI is InChI=1S/C24H18N4O6/c25-13-19-12-20(28(32)33)10-11-21(19)27-22(29)15-34-23(30)14-26-24(31)18-8-6-17(7-9-18)16-4-2-1-3-5-16/h1-12H,14-15H2,(H,26,31)(H,27,29). The van der Waals surface area contributed by atoms with Gasteiger partial charge in [0.1, 0.15) is 12.6 Å². The number of amides is 2. The maximum Gasteiger partial charge on any atom is 0.325 e. The number of non-ortho nitro benzene ring substituents is 1. The van der Waals surface area contributed by atoms with Gasteiger partial charge in [-0.1, -0.05) is 42.5 Å². The molecule has 34 heavy (non-hydrogen) atoms. The average Bonchev–Trinajstić information content (AvgIpc) is 2.86. The van der Waals surface area contributed by atoms with Gasteiger partial charge in [-0.2, -0.15) is 5.26 Å². The van der Waals surface area contributed by atoms with E-state index in [0.717, 1.165) is 23.3 Å². The molecule has 3 aromatic rings. The van der Waals surface area contributed by atoms with Crippen LogP contribution < -0.4 is 10.6 Å². The molecule has 0 heterocycles. The van der Waals surface area contributed by atoms with Crippen LogP contribution in [0.25, 0.3) is 11.1 Å². The smallest absolute Gasteiger partial charge is 0.325 e. The quantitative estimate of drug-likeness (QED) is 0.299. The van der Waals surface area contributed by atoms with Crippen molar-refractivity contribution in [2.45, 2.75) is 0 Å². The summed E-state index contributed by atoms with van der Waals surface area (Å²) in [5.74, 6) is -2.07. The number of carbonyl (C=O) groups excluding carboxylic acids is 3. The normalized spacial score (nSPS) is 9.97. The van der Waals surface area contributed by atoms with Crippen molar-refractivity contribution in [2.24, 2.45) is 0 Å². The number of nitro groups is 1. The highest BCUT2D eigenvalue weighted by molar-refractivity contribution is 5.97. The fourth-order valence-corrected chi connectivity index (χ4v) is 2.93. The van der Waals surface area contributed by atoms with Crippen LogP contribution in [0.4, 0.5) is 11.4 Å². The molecule has 0 aliphatic heterocycles. The fourth-order valence-electron chi connectivity index (χ4n) is 2.93. The third-order valence-corrected chi connectivity index (χ3v) is 4.62. The molecule has 10 heteroatoms. The molecule has 170 valence electrons. The molecule has 0 spiro atoms. The lowest BCUT2D eigenvalue weighted by Crippen LogP contribution is -2.32. The lowest BCUT2D eigenvalue weighted by molar-refractivity contribution is -0.384. The van der Waals surface area contributed by atoms with E-state index in [1.54, 1.807) is 30.3 Å². The first kappa shape index (κ1) is 23.6. The predicted molar refractivity (Wildman–Crippen MR) is 122 cm³/mol. The number of nitrogens with one attached hydrogen (secondary N) is 2. The van der Waals surface area contributed by atoms with E-state index < -0.39 is 35.9 Å². The third-order valence-electron chi connectivity index (χ3n) is 4.62. The molecule has 0 aliphatic rings. The van der Waals surface area contributed by atoms with Crippen LogP contribution >= 0.6 is 0 Å². The van der Waals surface area contributed by atoms with Crippen LogP contribution in [-0.2, 0) is 14.3 Å². The summed E-state index contributed by atoms with van der Waals surface area (Å²) in [5, 5.41) is 24.6. The van der Waals surface area contributed by atoms with Crippen molar-refractivity contribution in [2.75, 3.05) is 18.5 Å². The molecule has 0 aromatic heterocycles. The maximum atomic E-state index is 12.2. The first-order chi connectivity index (χ1) is 16.4. The van der Waals surface area contributed by atoms with Gasteiger partial charge in [-0.15, -0.1) is 0 Å². The van der Waals surface area contributed by atoms with Gasteiger partial charge in [0.25, 0.3) is 17.5 Å². The summed E-state index contributed by atoms with van der Waals surface area (Å²) in [5.41, 5.74) is 1.93. The molecule has 0 bridgehead atoms. The van der Waals surface area contributed by atoms with Crippen molar-refractivity contribution in [1.29, 1.82) is 5.26 Å². The molecule has 0 radical (unpaired) electrons. The van der Waals surface area contributed by atoms with Crippen molar-refractivity contribution in [1.82, 2.24) is 5.32 Å². The highest BCUT2D eigenvalue weighted by Gasteiger charge is 2.15. The Balaban J connectivity index is 1.46. The van der Waals surface area contributed by atoms with Gasteiger partial charge in [-0.3, -0.25) is 24.5 Å². The van der Waals surface area contributed by atoms with Gasteiger partial charge in [0, 0.05) is 17.7 Å². The topological polar surface area (TPSA) is 151 Å². The highest BCUT2D eigenvalue weighted by Crippen LogP contribution is 2.21. The number of hydrogen-bond donors (Lipinski definition) is 2. The first-order valence-corrected chi connectivity index (χ1v) is 9.95. The van der Waals surface area contributed by atoms with Crippen LogP contribution in [0.1, 0.15) is 15.9 Å². The van der Waals surface area contributed by atoms with Gasteiger partial charge in [-0.05, 0) is 29.3 Å². The second-order valence-electron chi connectivity index (χ2n) is 6.93. The van der Waals surface area contributed by atoms with Gasteiger partial charge in [0.05, 0.1) is 16.2 Å². The Bertz CT molecular complexity index is 1270. The summed E-state index contributed by atoms with van der Waals surface area (Å²) < 4.78 is 4.82. The Morgan fingerprint density at radius 3 is 2.29 bits per heavy atom. The van der Waals surface area contributed by atoms with E-state index in [9.17, 15) is 24.5 Å². The Hall–Kier alpha value is -5.04. The third kappa shape index (κ3) is 6.24. The Morgan fingerprint density at radius 2 is 1.65 bits per heavy atom. The lowest BCUT2D eigenvalue weighted by Gasteiger charge is -2.09. The largest absolute Gasteiger partial charge is 0.454 e. The summed E-state index contributed by atoms with van der Waals surface area (Å²) in [4.78, 5) is 46.2. The number of hydrogen-bond acceptors (Lipinski definition) is 7. The molecule has 0 saturated heterocycles. The van der Waals surface area contributed by atoms with Gasteiger partial charge >= 0.3 is 5.97 Å². The van der Waals surface area contributed by atoms with Crippen LogP contribution in [-0.4, -0.2) is 35.9 Å². The summed E-state index contributed by atoms with van der Waals surface area (Å²) >= 11 is 0. The molecular formula is C24H18N4O6. The zero-order valence-electron chi connectivity index (χ0n) is 17.7. The van der Waals surface area contributed by atoms with Crippen molar-refractivity contribution in [3.63, 3.8) is 0 Å². The minimum absolute atomic E-state index is 0.0430. The second kappa shape index (κ2) is 11.0. The molecule has 10 nitrogen and oxygen atoms in total. The van der Waals surface area contributed by atoms with E-state index in [0.29, 0.717) is 5.56 Å². The van der Waals surface area contributed by atoms with Crippen LogP contribution in [0, 0.1) is 21.4 Å². The van der Waals surface area contributed by atoms with Crippen LogP contribution in [0.2, 0.25) is 0 Å². The van der Waals surface area contributed by atoms with Gasteiger partial charge in [0.2, 0.25) is 0 Å². The van der Waals surface area contributed by atoms with E-state index >= 15 is 0 Å². The molecular weight excluding hydrogens is 440 g/mol. The zero-order chi connectivity index (χ0) is 24.5. The molecule has 2 amide bonds. The van der Waals surface area contributed by atoms with Crippen LogP contribution in [0.5, 0.6) is 0 Å². The fraction of sp³-hybridized carbons (Fsp3) is 0.0833. The van der Waals surface area contributed by atoms with Gasteiger partial charge in [0.15, 0.2) is 6.61 Å². The van der Waals surface area contributed by atoms with E-state index in [1.165, 1.54) is 6.07 Å². The number of nitrogens with zero attached hydrogens (tertiary/aromatic N) is 2. The van der Waals surface area contributed by atoms with E-state index in [-0.39, 0.29) is 16.9 Å². The number of carbonyl (C=O) groups is 3. The average molecular weight is 458 g/mol. The van der Waals surface area contributed by atoms with E-state index in [2.05, 4.69) is 10.6 Å². The molecule has 3 rings (SSSR count). The monoisotopic (exact) mass is 458 g/mol. The van der Waals surface area contributed by atoms with Crippen LogP contribution in [0.3, 0.4) is 0 Å². The maximum absolute atomic E-state index is 12.2. The first-order valence-electron chi connectivity index (χ1n) is 9.95. The Morgan fingerprint density at radius 1 is 0.971 bits per heavy atom. The minimum atomic E-state index is -0.839. The number of nitriles is 1. The Labute approximate surface area is 193 Å². The number of rotatable bonds is 8. The molecule has 3 aromatic carbocycles. The van der Waals surface area contributed by atoms with Crippen molar-refractivity contribution < 1.29 is 24.0 Å².